The molecule has 3 rings (SSSR count). The summed E-state index contributed by atoms with van der Waals surface area (Å²) >= 11 is 3.12. The molecule has 0 saturated carbocycles. The van der Waals surface area contributed by atoms with E-state index < -0.39 is 0 Å². The number of amides is 1. The van der Waals surface area contributed by atoms with E-state index in [1.807, 2.05) is 6.92 Å². The summed E-state index contributed by atoms with van der Waals surface area (Å²) in [6.07, 6.45) is 2.24. The molecule has 0 aliphatic carbocycles. The van der Waals surface area contributed by atoms with Crippen molar-refractivity contribution < 1.29 is 9.32 Å². The van der Waals surface area contributed by atoms with E-state index in [1.54, 1.807) is 30.7 Å². The minimum atomic E-state index is -0.264. The molecule has 0 aliphatic rings. The number of nitrogens with zero attached hydrogens (tertiary/aromatic N) is 3. The summed E-state index contributed by atoms with van der Waals surface area (Å²) in [6.45, 7) is 7.91. The highest BCUT2D eigenvalue weighted by Gasteiger charge is 2.22. The molecule has 0 bridgehead atoms. The van der Waals surface area contributed by atoms with Crippen molar-refractivity contribution in [3.8, 4) is 0 Å². The number of nitrogens with one attached hydrogen (secondary N) is 1. The third kappa shape index (κ3) is 3.29. The first-order valence-electron chi connectivity index (χ1n) is 7.61. The van der Waals surface area contributed by atoms with Gasteiger partial charge in [-0.05, 0) is 32.8 Å². The molecule has 3 aromatic rings. The van der Waals surface area contributed by atoms with Crippen LogP contribution in [0.5, 0.6) is 0 Å². The first-order valence-corrected chi connectivity index (χ1v) is 9.30. The maximum atomic E-state index is 12.5. The Morgan fingerprint density at radius 1 is 1.38 bits per heavy atom. The fourth-order valence-electron chi connectivity index (χ4n) is 2.33. The van der Waals surface area contributed by atoms with Crippen molar-refractivity contribution in [1.82, 2.24) is 15.1 Å². The van der Waals surface area contributed by atoms with Crippen molar-refractivity contribution in [1.29, 1.82) is 0 Å². The third-order valence-electron chi connectivity index (χ3n) is 3.73. The average molecular weight is 362 g/mol. The van der Waals surface area contributed by atoms with Crippen molar-refractivity contribution in [2.75, 3.05) is 5.32 Å². The monoisotopic (exact) mass is 362 g/mol. The van der Waals surface area contributed by atoms with Crippen LogP contribution in [0.2, 0.25) is 0 Å². The van der Waals surface area contributed by atoms with Crippen molar-refractivity contribution in [2.24, 2.45) is 0 Å². The van der Waals surface area contributed by atoms with Gasteiger partial charge in [0.15, 0.2) is 5.82 Å². The third-order valence-corrected chi connectivity index (χ3v) is 6.21. The number of thioether (sulfide) groups is 1. The average Bonchev–Trinajstić information content (AvgIpc) is 3.09. The molecule has 6 nitrogen and oxygen atoms in total. The smallest absolute Gasteiger partial charge is 0.239 e. The predicted octanol–water partition coefficient (Wildman–Crippen LogP) is 4.11. The summed E-state index contributed by atoms with van der Waals surface area (Å²) < 4.78 is 4.98. The largest absolute Gasteiger partial charge is 0.360 e. The lowest BCUT2D eigenvalue weighted by Crippen LogP contribution is -2.24. The summed E-state index contributed by atoms with van der Waals surface area (Å²) in [5.41, 5.74) is 1.18. The van der Waals surface area contributed by atoms with E-state index in [-0.39, 0.29) is 11.2 Å². The Morgan fingerprint density at radius 3 is 2.83 bits per heavy atom. The normalized spacial score (nSPS) is 12.5. The summed E-state index contributed by atoms with van der Waals surface area (Å²) in [6, 6.07) is 1.70. The van der Waals surface area contributed by atoms with Crippen LogP contribution in [-0.4, -0.2) is 26.3 Å². The van der Waals surface area contributed by atoms with Crippen LogP contribution >= 0.6 is 23.1 Å². The molecule has 0 unspecified atom stereocenters. The molecule has 126 valence electrons. The Kier molecular flexibility index (Phi) is 4.86. The van der Waals surface area contributed by atoms with Gasteiger partial charge in [0.25, 0.3) is 0 Å². The van der Waals surface area contributed by atoms with Gasteiger partial charge < -0.3 is 9.84 Å². The van der Waals surface area contributed by atoms with Crippen molar-refractivity contribution in [3.05, 3.63) is 28.6 Å². The zero-order chi connectivity index (χ0) is 17.3. The quantitative estimate of drug-likeness (QED) is 0.543. The van der Waals surface area contributed by atoms with Crippen molar-refractivity contribution >= 4 is 45.0 Å². The van der Waals surface area contributed by atoms with Crippen LogP contribution in [0.1, 0.15) is 29.5 Å². The number of carbonyl (C=O) groups excluding carboxylic acids is 1. The molecular weight excluding hydrogens is 344 g/mol. The van der Waals surface area contributed by atoms with Gasteiger partial charge in [-0.3, -0.25) is 4.79 Å². The van der Waals surface area contributed by atoms with Gasteiger partial charge in [0.1, 0.15) is 21.9 Å². The molecule has 1 amide bonds. The Labute approximate surface area is 148 Å². The molecule has 3 heterocycles. The first kappa shape index (κ1) is 16.9. The summed E-state index contributed by atoms with van der Waals surface area (Å²) in [7, 11) is 0. The van der Waals surface area contributed by atoms with Crippen LogP contribution in [0.25, 0.3) is 10.2 Å². The van der Waals surface area contributed by atoms with Crippen LogP contribution < -0.4 is 5.32 Å². The van der Waals surface area contributed by atoms with Gasteiger partial charge in [-0.2, -0.15) is 0 Å². The minimum Gasteiger partial charge on any atom is -0.360 e. The first-order chi connectivity index (χ1) is 11.5. The Balaban J connectivity index is 1.84. The van der Waals surface area contributed by atoms with Gasteiger partial charge in [0.2, 0.25) is 5.91 Å². The maximum Gasteiger partial charge on any atom is 0.239 e. The van der Waals surface area contributed by atoms with Gasteiger partial charge in [-0.1, -0.05) is 23.8 Å². The highest BCUT2D eigenvalue weighted by atomic mass is 32.2. The number of rotatable bonds is 5. The lowest BCUT2D eigenvalue weighted by atomic mass is 10.2. The molecule has 1 atom stereocenters. The molecule has 24 heavy (non-hydrogen) atoms. The second kappa shape index (κ2) is 6.90. The van der Waals surface area contributed by atoms with Gasteiger partial charge in [-0.25, -0.2) is 9.97 Å². The zero-order valence-electron chi connectivity index (χ0n) is 13.9. The molecule has 0 aromatic carbocycles. The number of anilines is 1. The molecule has 0 saturated heterocycles. The topological polar surface area (TPSA) is 80.9 Å². The lowest BCUT2D eigenvalue weighted by molar-refractivity contribution is -0.115. The SMILES string of the molecule is CC[C@H](Sc1ncnc2sc(C)c(C)c12)C(=O)Nc1cc(C)on1. The number of aromatic nitrogens is 3. The summed E-state index contributed by atoms with van der Waals surface area (Å²) in [5, 5.41) is 8.24. The lowest BCUT2D eigenvalue weighted by Gasteiger charge is -2.13. The Morgan fingerprint density at radius 2 is 2.17 bits per heavy atom. The molecule has 0 radical (unpaired) electrons. The Hall–Kier alpha value is -1.93. The molecule has 0 spiro atoms. The summed E-state index contributed by atoms with van der Waals surface area (Å²) in [4.78, 5) is 23.5. The van der Waals surface area contributed by atoms with E-state index in [0.717, 1.165) is 15.2 Å². The second-order valence-corrected chi connectivity index (χ2v) is 7.86. The van der Waals surface area contributed by atoms with Crippen molar-refractivity contribution in [3.63, 3.8) is 0 Å². The molecule has 8 heteroatoms. The molecule has 0 aliphatic heterocycles. The fraction of sp³-hybridized carbons (Fsp3) is 0.375. The number of hydrogen-bond donors (Lipinski definition) is 1. The van der Waals surface area contributed by atoms with E-state index in [2.05, 4.69) is 34.3 Å². The van der Waals surface area contributed by atoms with E-state index >= 15 is 0 Å². The summed E-state index contributed by atoms with van der Waals surface area (Å²) in [5.74, 6) is 0.993. The van der Waals surface area contributed by atoms with Gasteiger partial charge in [-0.15, -0.1) is 11.3 Å². The van der Waals surface area contributed by atoms with E-state index in [9.17, 15) is 4.79 Å². The predicted molar refractivity (Wildman–Crippen MR) is 96.7 cm³/mol. The van der Waals surface area contributed by atoms with Gasteiger partial charge in [0, 0.05) is 16.3 Å². The van der Waals surface area contributed by atoms with Crippen LogP contribution in [0.3, 0.4) is 0 Å². The molecule has 3 aromatic heterocycles. The van der Waals surface area contributed by atoms with Gasteiger partial charge in [0.05, 0.1) is 5.25 Å². The van der Waals surface area contributed by atoms with Crippen LogP contribution in [-0.2, 0) is 4.79 Å². The number of aryl methyl sites for hydroxylation is 3. The van der Waals surface area contributed by atoms with E-state index in [4.69, 9.17) is 4.52 Å². The van der Waals surface area contributed by atoms with Crippen LogP contribution in [0, 0.1) is 20.8 Å². The van der Waals surface area contributed by atoms with Crippen LogP contribution in [0.15, 0.2) is 21.9 Å². The maximum absolute atomic E-state index is 12.5. The number of fused-ring (bicyclic) bond motifs is 1. The fourth-order valence-corrected chi connectivity index (χ4v) is 4.47. The second-order valence-electron chi connectivity index (χ2n) is 5.47. The van der Waals surface area contributed by atoms with E-state index in [1.165, 1.54) is 22.2 Å². The molecular formula is C16H18N4O2S2. The number of hydrogen-bond acceptors (Lipinski definition) is 7. The molecule has 1 N–H and O–H groups in total. The Bertz CT molecular complexity index is 887. The minimum absolute atomic E-state index is 0.104. The molecule has 0 fully saturated rings. The standard InChI is InChI=1S/C16H18N4O2S2/c1-5-11(14(21)19-12-6-8(2)22-20-12)24-16-13-9(3)10(4)23-15(13)17-7-18-16/h6-7,11H,5H2,1-4H3,(H,19,20,21)/t11-/m0/s1. The number of carbonyl (C=O) groups is 1. The highest BCUT2D eigenvalue weighted by Crippen LogP contribution is 2.36. The van der Waals surface area contributed by atoms with Crippen LogP contribution in [0.4, 0.5) is 5.82 Å². The van der Waals surface area contributed by atoms with Crippen molar-refractivity contribution in [2.45, 2.75) is 44.4 Å². The van der Waals surface area contributed by atoms with E-state index in [0.29, 0.717) is 18.0 Å². The highest BCUT2D eigenvalue weighted by molar-refractivity contribution is 8.00. The number of thiophene rings is 1. The zero-order valence-corrected chi connectivity index (χ0v) is 15.5. The van der Waals surface area contributed by atoms with Gasteiger partial charge >= 0.3 is 0 Å².